The monoisotopic (exact) mass is 311 g/mol. The Morgan fingerprint density at radius 3 is 2.57 bits per heavy atom. The summed E-state index contributed by atoms with van der Waals surface area (Å²) in [7, 11) is 0. The van der Waals surface area contributed by atoms with Crippen LogP contribution in [0.4, 0.5) is 0 Å². The van der Waals surface area contributed by atoms with Gasteiger partial charge in [-0.05, 0) is 24.1 Å². The molecule has 0 aromatic heterocycles. The van der Waals surface area contributed by atoms with Crippen molar-refractivity contribution in [3.05, 3.63) is 34.9 Å². The normalized spacial score (nSPS) is 19.0. The first-order chi connectivity index (χ1) is 10.0. The molecule has 0 saturated carbocycles. The molecule has 1 amide bonds. The van der Waals surface area contributed by atoms with Crippen molar-refractivity contribution < 1.29 is 14.6 Å². The average Bonchev–Trinajstić information content (AvgIpc) is 2.50. The van der Waals surface area contributed by atoms with E-state index in [2.05, 4.69) is 12.2 Å². The van der Waals surface area contributed by atoms with Gasteiger partial charge >= 0.3 is 0 Å². The third kappa shape index (κ3) is 4.19. The van der Waals surface area contributed by atoms with E-state index >= 15 is 0 Å². The van der Waals surface area contributed by atoms with E-state index in [1.807, 2.05) is 24.3 Å². The summed E-state index contributed by atoms with van der Waals surface area (Å²) in [4.78, 5) is 12.2. The topological polar surface area (TPSA) is 58.6 Å². The van der Waals surface area contributed by atoms with Crippen LogP contribution < -0.4 is 5.32 Å². The largest absolute Gasteiger partial charge is 0.381 e. The number of amides is 1. The van der Waals surface area contributed by atoms with E-state index in [0.717, 1.165) is 12.0 Å². The maximum atomic E-state index is 12.2. The minimum absolute atomic E-state index is 0.217. The van der Waals surface area contributed by atoms with Gasteiger partial charge in [-0.25, -0.2) is 0 Å². The predicted molar refractivity (Wildman–Crippen MR) is 82.5 cm³/mol. The lowest BCUT2D eigenvalue weighted by Gasteiger charge is -2.31. The summed E-state index contributed by atoms with van der Waals surface area (Å²) in [6.45, 7) is 3.45. The third-order valence-corrected chi connectivity index (χ3v) is 4.34. The van der Waals surface area contributed by atoms with Crippen LogP contribution in [0.15, 0.2) is 24.3 Å². The Morgan fingerprint density at radius 2 is 2.00 bits per heavy atom. The fourth-order valence-corrected chi connectivity index (χ4v) is 2.68. The molecule has 2 rings (SSSR count). The Hall–Kier alpha value is -1.10. The molecule has 1 aromatic carbocycles. The zero-order valence-electron chi connectivity index (χ0n) is 12.3. The van der Waals surface area contributed by atoms with Gasteiger partial charge < -0.3 is 15.2 Å². The molecule has 5 heteroatoms. The summed E-state index contributed by atoms with van der Waals surface area (Å²) in [6.07, 6.45) is 1.62. The van der Waals surface area contributed by atoms with E-state index in [4.69, 9.17) is 16.3 Å². The van der Waals surface area contributed by atoms with Crippen molar-refractivity contribution in [1.82, 2.24) is 5.32 Å². The number of aliphatic hydroxyl groups is 1. The zero-order chi connectivity index (χ0) is 15.3. The Kier molecular flexibility index (Phi) is 5.62. The molecule has 1 atom stereocenters. The number of nitrogens with one attached hydrogen (secondary N) is 1. The Balaban J connectivity index is 1.93. The highest BCUT2D eigenvalue weighted by Gasteiger charge is 2.37. The second-order valence-electron chi connectivity index (χ2n) is 5.51. The highest BCUT2D eigenvalue weighted by atomic mass is 35.5. The first kappa shape index (κ1) is 16.3. The van der Waals surface area contributed by atoms with E-state index in [1.54, 1.807) is 0 Å². The molecule has 4 nitrogen and oxygen atoms in total. The lowest BCUT2D eigenvalue weighted by molar-refractivity contribution is -0.149. The number of rotatable bonds is 5. The van der Waals surface area contributed by atoms with Gasteiger partial charge in [-0.1, -0.05) is 30.7 Å². The molecule has 1 fully saturated rings. The highest BCUT2D eigenvalue weighted by Crippen LogP contribution is 2.23. The lowest BCUT2D eigenvalue weighted by atomic mass is 9.92. The fourth-order valence-electron chi connectivity index (χ4n) is 2.55. The molecule has 0 spiro atoms. The average molecular weight is 312 g/mol. The number of ether oxygens (including phenoxy) is 1. The predicted octanol–water partition coefficient (Wildman–Crippen LogP) is 2.49. The van der Waals surface area contributed by atoms with Gasteiger partial charge in [0.2, 0.25) is 0 Å². The number of hydrogen-bond donors (Lipinski definition) is 2. The standard InChI is InChI=1S/C16H22ClNO3/c1-2-12(13-3-5-14(17)6-4-13)11-18-15(19)16(20)7-9-21-10-8-16/h3-6,12,20H,2,7-11H2,1H3,(H,18,19)/t12-/m0/s1. The molecular formula is C16H22ClNO3. The lowest BCUT2D eigenvalue weighted by Crippen LogP contribution is -2.51. The molecule has 1 saturated heterocycles. The van der Waals surface area contributed by atoms with Gasteiger partial charge in [0.25, 0.3) is 5.91 Å². The minimum atomic E-state index is -1.28. The summed E-state index contributed by atoms with van der Waals surface area (Å²) in [5.41, 5.74) is -0.141. The second-order valence-corrected chi connectivity index (χ2v) is 5.95. The van der Waals surface area contributed by atoms with Gasteiger partial charge in [0.05, 0.1) is 0 Å². The smallest absolute Gasteiger partial charge is 0.252 e. The van der Waals surface area contributed by atoms with Crippen molar-refractivity contribution in [1.29, 1.82) is 0 Å². The van der Waals surface area contributed by atoms with Crippen LogP contribution in [-0.2, 0) is 9.53 Å². The molecule has 0 radical (unpaired) electrons. The van der Waals surface area contributed by atoms with Crippen LogP contribution in [-0.4, -0.2) is 36.4 Å². The molecular weight excluding hydrogens is 290 g/mol. The van der Waals surface area contributed by atoms with E-state index in [0.29, 0.717) is 37.6 Å². The maximum Gasteiger partial charge on any atom is 0.252 e. The number of halogens is 1. The molecule has 2 N–H and O–H groups in total. The Bertz CT molecular complexity index is 469. The van der Waals surface area contributed by atoms with Gasteiger partial charge in [-0.2, -0.15) is 0 Å². The van der Waals surface area contributed by atoms with Crippen molar-refractivity contribution >= 4 is 17.5 Å². The molecule has 1 heterocycles. The highest BCUT2D eigenvalue weighted by molar-refractivity contribution is 6.30. The minimum Gasteiger partial charge on any atom is -0.381 e. The van der Waals surface area contributed by atoms with Crippen LogP contribution in [0.2, 0.25) is 5.02 Å². The Labute approximate surface area is 130 Å². The van der Waals surface area contributed by atoms with Crippen molar-refractivity contribution in [3.63, 3.8) is 0 Å². The number of carbonyl (C=O) groups is 1. The van der Waals surface area contributed by atoms with Crippen LogP contribution in [0.25, 0.3) is 0 Å². The molecule has 1 aromatic rings. The van der Waals surface area contributed by atoms with Gasteiger partial charge in [-0.15, -0.1) is 0 Å². The molecule has 116 valence electrons. The zero-order valence-corrected chi connectivity index (χ0v) is 13.0. The molecule has 0 aliphatic carbocycles. The molecule has 0 unspecified atom stereocenters. The SMILES string of the molecule is CC[C@@H](CNC(=O)C1(O)CCOCC1)c1ccc(Cl)cc1. The molecule has 0 bridgehead atoms. The van der Waals surface area contributed by atoms with E-state index in [1.165, 1.54) is 0 Å². The quantitative estimate of drug-likeness (QED) is 0.878. The summed E-state index contributed by atoms with van der Waals surface area (Å²) >= 11 is 5.89. The van der Waals surface area contributed by atoms with Crippen LogP contribution in [0.3, 0.4) is 0 Å². The van der Waals surface area contributed by atoms with Gasteiger partial charge in [0, 0.05) is 43.5 Å². The Morgan fingerprint density at radius 1 is 1.38 bits per heavy atom. The van der Waals surface area contributed by atoms with Gasteiger partial charge in [-0.3, -0.25) is 4.79 Å². The third-order valence-electron chi connectivity index (χ3n) is 4.09. The summed E-state index contributed by atoms with van der Waals surface area (Å²) in [6, 6.07) is 7.67. The van der Waals surface area contributed by atoms with Crippen LogP contribution in [0.1, 0.15) is 37.7 Å². The van der Waals surface area contributed by atoms with Gasteiger partial charge in [0.1, 0.15) is 5.60 Å². The fraction of sp³-hybridized carbons (Fsp3) is 0.562. The first-order valence-corrected chi connectivity index (χ1v) is 7.77. The summed E-state index contributed by atoms with van der Waals surface area (Å²) in [5, 5.41) is 13.9. The van der Waals surface area contributed by atoms with Crippen molar-refractivity contribution in [2.24, 2.45) is 0 Å². The molecule has 1 aliphatic heterocycles. The number of hydrogen-bond acceptors (Lipinski definition) is 3. The summed E-state index contributed by atoms with van der Waals surface area (Å²) < 4.78 is 5.19. The summed E-state index contributed by atoms with van der Waals surface area (Å²) in [5.74, 6) is -0.0760. The van der Waals surface area contributed by atoms with Crippen molar-refractivity contribution in [2.75, 3.05) is 19.8 Å². The number of carbonyl (C=O) groups excluding carboxylic acids is 1. The van der Waals surface area contributed by atoms with E-state index in [-0.39, 0.29) is 11.8 Å². The van der Waals surface area contributed by atoms with E-state index < -0.39 is 5.60 Å². The van der Waals surface area contributed by atoms with Crippen LogP contribution >= 0.6 is 11.6 Å². The van der Waals surface area contributed by atoms with Crippen LogP contribution in [0, 0.1) is 0 Å². The maximum absolute atomic E-state index is 12.2. The van der Waals surface area contributed by atoms with Gasteiger partial charge in [0.15, 0.2) is 0 Å². The van der Waals surface area contributed by atoms with Crippen molar-refractivity contribution in [2.45, 2.75) is 37.7 Å². The van der Waals surface area contributed by atoms with Crippen molar-refractivity contribution in [3.8, 4) is 0 Å². The second kappa shape index (κ2) is 7.25. The molecule has 21 heavy (non-hydrogen) atoms. The van der Waals surface area contributed by atoms with E-state index in [9.17, 15) is 9.90 Å². The number of benzene rings is 1. The van der Waals surface area contributed by atoms with Crippen LogP contribution in [0.5, 0.6) is 0 Å². The molecule has 1 aliphatic rings. The first-order valence-electron chi connectivity index (χ1n) is 7.39.